The predicted molar refractivity (Wildman–Crippen MR) is 59.3 cm³/mol. The van der Waals surface area contributed by atoms with Crippen LogP contribution in [0.4, 0.5) is 13.2 Å². The second-order valence-electron chi connectivity index (χ2n) is 3.44. The largest absolute Gasteiger partial charge is 0.416 e. The average molecular weight is 306 g/mol. The van der Waals surface area contributed by atoms with Gasteiger partial charge in [0.05, 0.1) is 5.56 Å². The van der Waals surface area contributed by atoms with Crippen molar-refractivity contribution in [3.8, 4) is 11.4 Å². The number of alkyl halides is 3. The van der Waals surface area contributed by atoms with E-state index in [1.54, 1.807) is 6.92 Å². The molecule has 0 bridgehead atoms. The van der Waals surface area contributed by atoms with Crippen LogP contribution in [0.3, 0.4) is 0 Å². The Morgan fingerprint density at radius 3 is 2.53 bits per heavy atom. The van der Waals surface area contributed by atoms with E-state index >= 15 is 0 Å². The molecule has 0 saturated heterocycles. The van der Waals surface area contributed by atoms with Crippen LogP contribution < -0.4 is 0 Å². The molecule has 0 amide bonds. The number of halogens is 4. The molecule has 3 nitrogen and oxygen atoms in total. The van der Waals surface area contributed by atoms with E-state index in [9.17, 15) is 13.2 Å². The van der Waals surface area contributed by atoms with Gasteiger partial charge in [0.1, 0.15) is 5.82 Å². The maximum atomic E-state index is 12.6. The summed E-state index contributed by atoms with van der Waals surface area (Å²) in [6.45, 7) is 1.68. The summed E-state index contributed by atoms with van der Waals surface area (Å²) in [5, 5.41) is 6.43. The van der Waals surface area contributed by atoms with Gasteiger partial charge in [-0.2, -0.15) is 18.3 Å². The lowest BCUT2D eigenvalue weighted by molar-refractivity contribution is -0.137. The summed E-state index contributed by atoms with van der Waals surface area (Å²) >= 11 is 3.18. The van der Waals surface area contributed by atoms with Crippen molar-refractivity contribution in [1.82, 2.24) is 15.2 Å². The highest BCUT2D eigenvalue weighted by atomic mass is 79.9. The standard InChI is InChI=1S/C10H7BrF3N3/c1-5-15-9(17-16-5)7-4-6(10(12,13)14)2-3-8(7)11/h2-4H,1H3,(H,15,16,17). The molecule has 1 heterocycles. The number of nitrogens with zero attached hydrogens (tertiary/aromatic N) is 2. The summed E-state index contributed by atoms with van der Waals surface area (Å²) < 4.78 is 38.2. The molecule has 2 aromatic rings. The minimum atomic E-state index is -4.37. The van der Waals surface area contributed by atoms with Crippen LogP contribution in [0.15, 0.2) is 22.7 Å². The van der Waals surface area contributed by atoms with Gasteiger partial charge in [0.15, 0.2) is 5.82 Å². The van der Waals surface area contributed by atoms with E-state index in [0.29, 0.717) is 15.9 Å². The van der Waals surface area contributed by atoms with Crippen molar-refractivity contribution in [3.63, 3.8) is 0 Å². The summed E-state index contributed by atoms with van der Waals surface area (Å²) in [5.41, 5.74) is -0.415. The first kappa shape index (κ1) is 12.1. The lowest BCUT2D eigenvalue weighted by Crippen LogP contribution is -2.05. The molecule has 7 heteroatoms. The van der Waals surface area contributed by atoms with Crippen LogP contribution in [0.25, 0.3) is 11.4 Å². The number of aromatic amines is 1. The third kappa shape index (κ3) is 2.49. The molecule has 90 valence electrons. The Morgan fingerprint density at radius 1 is 1.29 bits per heavy atom. The van der Waals surface area contributed by atoms with Crippen molar-refractivity contribution in [3.05, 3.63) is 34.1 Å². The van der Waals surface area contributed by atoms with Crippen LogP contribution in [-0.2, 0) is 6.18 Å². The molecule has 0 fully saturated rings. The average Bonchev–Trinajstić information content (AvgIpc) is 2.63. The van der Waals surface area contributed by atoms with Crippen LogP contribution in [0.5, 0.6) is 0 Å². The fourth-order valence-electron chi connectivity index (χ4n) is 1.34. The van der Waals surface area contributed by atoms with Crippen molar-refractivity contribution in [2.24, 2.45) is 0 Å². The fraction of sp³-hybridized carbons (Fsp3) is 0.200. The minimum absolute atomic E-state index is 0.237. The first-order valence-electron chi connectivity index (χ1n) is 4.64. The molecule has 0 aliphatic carbocycles. The van der Waals surface area contributed by atoms with Crippen molar-refractivity contribution in [1.29, 1.82) is 0 Å². The van der Waals surface area contributed by atoms with Crippen LogP contribution >= 0.6 is 15.9 Å². The van der Waals surface area contributed by atoms with E-state index in [-0.39, 0.29) is 5.82 Å². The van der Waals surface area contributed by atoms with Gasteiger partial charge in [-0.25, -0.2) is 4.98 Å². The summed E-state index contributed by atoms with van der Waals surface area (Å²) in [6.07, 6.45) is -4.37. The van der Waals surface area contributed by atoms with Crippen LogP contribution in [0.2, 0.25) is 0 Å². The first-order valence-corrected chi connectivity index (χ1v) is 5.43. The van der Waals surface area contributed by atoms with Gasteiger partial charge in [-0.1, -0.05) is 15.9 Å². The molecular weight excluding hydrogens is 299 g/mol. The maximum absolute atomic E-state index is 12.6. The molecule has 0 spiro atoms. The number of aromatic nitrogens is 3. The van der Waals surface area contributed by atoms with E-state index in [1.165, 1.54) is 6.07 Å². The summed E-state index contributed by atoms with van der Waals surface area (Å²) in [5.74, 6) is 0.782. The van der Waals surface area contributed by atoms with Crippen LogP contribution in [0.1, 0.15) is 11.4 Å². The van der Waals surface area contributed by atoms with Gasteiger partial charge < -0.3 is 0 Å². The molecule has 1 aromatic carbocycles. The van der Waals surface area contributed by atoms with Crippen LogP contribution in [0, 0.1) is 6.92 Å². The second-order valence-corrected chi connectivity index (χ2v) is 4.29. The normalized spacial score (nSPS) is 11.8. The SMILES string of the molecule is Cc1nc(-c2cc(C(F)(F)F)ccc2Br)n[nH]1. The molecule has 0 unspecified atom stereocenters. The topological polar surface area (TPSA) is 41.6 Å². The highest BCUT2D eigenvalue weighted by Gasteiger charge is 2.31. The lowest BCUT2D eigenvalue weighted by atomic mass is 10.1. The number of aryl methyl sites for hydroxylation is 1. The van der Waals surface area contributed by atoms with Crippen LogP contribution in [-0.4, -0.2) is 15.2 Å². The van der Waals surface area contributed by atoms with Crippen molar-refractivity contribution in [2.75, 3.05) is 0 Å². The Balaban J connectivity index is 2.54. The number of hydrogen-bond donors (Lipinski definition) is 1. The second kappa shape index (κ2) is 4.14. The van der Waals surface area contributed by atoms with Crippen molar-refractivity contribution < 1.29 is 13.2 Å². The van der Waals surface area contributed by atoms with Gasteiger partial charge >= 0.3 is 6.18 Å². The Morgan fingerprint density at radius 2 is 2.00 bits per heavy atom. The Bertz CT molecular complexity index is 548. The summed E-state index contributed by atoms with van der Waals surface area (Å²) in [4.78, 5) is 4.00. The molecular formula is C10H7BrF3N3. The zero-order valence-corrected chi connectivity index (χ0v) is 10.2. The summed E-state index contributed by atoms with van der Waals surface area (Å²) in [7, 11) is 0. The van der Waals surface area contributed by atoms with Gasteiger partial charge in [-0.3, -0.25) is 5.10 Å². The highest BCUT2D eigenvalue weighted by molar-refractivity contribution is 9.10. The fourth-order valence-corrected chi connectivity index (χ4v) is 1.76. The van der Waals surface area contributed by atoms with E-state index < -0.39 is 11.7 Å². The number of nitrogens with one attached hydrogen (secondary N) is 1. The monoisotopic (exact) mass is 305 g/mol. The van der Waals surface area contributed by atoms with E-state index in [1.807, 2.05) is 0 Å². The van der Waals surface area contributed by atoms with E-state index in [0.717, 1.165) is 12.1 Å². The molecule has 17 heavy (non-hydrogen) atoms. The third-order valence-electron chi connectivity index (χ3n) is 2.13. The third-order valence-corrected chi connectivity index (χ3v) is 2.82. The van der Waals surface area contributed by atoms with E-state index in [2.05, 4.69) is 31.1 Å². The minimum Gasteiger partial charge on any atom is -0.263 e. The van der Waals surface area contributed by atoms with Gasteiger partial charge in [-0.15, -0.1) is 0 Å². The number of hydrogen-bond acceptors (Lipinski definition) is 2. The highest BCUT2D eigenvalue weighted by Crippen LogP contribution is 2.34. The van der Waals surface area contributed by atoms with Crippen molar-refractivity contribution >= 4 is 15.9 Å². The number of H-pyrrole nitrogens is 1. The Labute approximate surface area is 103 Å². The van der Waals surface area contributed by atoms with Gasteiger partial charge in [0.2, 0.25) is 0 Å². The van der Waals surface area contributed by atoms with Crippen molar-refractivity contribution in [2.45, 2.75) is 13.1 Å². The number of benzene rings is 1. The van der Waals surface area contributed by atoms with Gasteiger partial charge in [0.25, 0.3) is 0 Å². The Hall–Kier alpha value is -1.37. The lowest BCUT2D eigenvalue weighted by Gasteiger charge is -2.08. The molecule has 0 aliphatic heterocycles. The molecule has 1 N–H and O–H groups in total. The Kier molecular flexibility index (Phi) is 2.94. The molecule has 0 atom stereocenters. The quantitative estimate of drug-likeness (QED) is 0.875. The van der Waals surface area contributed by atoms with Gasteiger partial charge in [-0.05, 0) is 25.1 Å². The molecule has 2 rings (SSSR count). The summed E-state index contributed by atoms with van der Waals surface area (Å²) in [6, 6.07) is 3.36. The molecule has 0 saturated carbocycles. The maximum Gasteiger partial charge on any atom is 0.416 e. The molecule has 0 aliphatic rings. The van der Waals surface area contributed by atoms with E-state index in [4.69, 9.17) is 0 Å². The zero-order valence-electron chi connectivity index (χ0n) is 8.64. The molecule has 1 aromatic heterocycles. The molecule has 0 radical (unpaired) electrons. The smallest absolute Gasteiger partial charge is 0.263 e. The predicted octanol–water partition coefficient (Wildman–Crippen LogP) is 3.56. The van der Waals surface area contributed by atoms with Gasteiger partial charge in [0, 0.05) is 10.0 Å². The number of rotatable bonds is 1. The zero-order chi connectivity index (χ0) is 12.6. The first-order chi connectivity index (χ1) is 7.88.